The summed E-state index contributed by atoms with van der Waals surface area (Å²) in [6.07, 6.45) is -0.788. The Morgan fingerprint density at radius 1 is 1.03 bits per heavy atom. The standard InChI is InChI=1S/C24H20F3N5O4/c25-24(26,27)13-7-9-28-20(11-13)31-23(34)30-17-12-19(17)36-15-3-1-14(2-4-15)35-18-8-10-29-22-16(18)5-6-21(33)32-22/h1-4,7-11,17,19H,5-6,12H2,(H,29,32,33)(H2,28,30,31,34)/t17-,19-/m1/s1. The molecular formula is C24H20F3N5O4. The van der Waals surface area contributed by atoms with Crippen LogP contribution in [0.4, 0.5) is 29.6 Å². The van der Waals surface area contributed by atoms with Crippen molar-refractivity contribution in [3.8, 4) is 17.2 Å². The lowest BCUT2D eigenvalue weighted by molar-refractivity contribution is -0.137. The molecule has 2 atom stereocenters. The third kappa shape index (κ3) is 5.48. The summed E-state index contributed by atoms with van der Waals surface area (Å²) in [5.74, 6) is 1.98. The van der Waals surface area contributed by atoms with E-state index in [-0.39, 0.29) is 23.9 Å². The molecule has 9 nitrogen and oxygen atoms in total. The number of halogens is 3. The highest BCUT2D eigenvalue weighted by atomic mass is 19.4. The quantitative estimate of drug-likeness (QED) is 0.460. The first-order chi connectivity index (χ1) is 17.2. The Kier molecular flexibility index (Phi) is 6.08. The average Bonchev–Trinajstić information content (AvgIpc) is 3.56. The number of alkyl halides is 3. The monoisotopic (exact) mass is 499 g/mol. The Morgan fingerprint density at radius 2 is 1.78 bits per heavy atom. The molecule has 3 N–H and O–H groups in total. The summed E-state index contributed by atoms with van der Waals surface area (Å²) < 4.78 is 50.2. The summed E-state index contributed by atoms with van der Waals surface area (Å²) in [4.78, 5) is 31.6. The Morgan fingerprint density at radius 3 is 2.56 bits per heavy atom. The number of nitrogens with zero attached hydrogens (tertiary/aromatic N) is 2. The summed E-state index contributed by atoms with van der Waals surface area (Å²) in [5, 5.41) is 7.68. The van der Waals surface area contributed by atoms with Crippen molar-refractivity contribution in [2.75, 3.05) is 10.6 Å². The number of anilines is 2. The van der Waals surface area contributed by atoms with Crippen molar-refractivity contribution < 1.29 is 32.2 Å². The number of benzene rings is 1. The average molecular weight is 499 g/mol. The van der Waals surface area contributed by atoms with Gasteiger partial charge in [0.05, 0.1) is 11.6 Å². The van der Waals surface area contributed by atoms with Crippen molar-refractivity contribution in [3.63, 3.8) is 0 Å². The zero-order chi connectivity index (χ0) is 25.3. The molecule has 3 amide bonds. The van der Waals surface area contributed by atoms with Crippen LogP contribution < -0.4 is 25.4 Å². The second-order valence-electron chi connectivity index (χ2n) is 8.28. The SMILES string of the molecule is O=C1CCc2c(Oc3ccc(O[C@@H]4C[C@H]4NC(=O)Nc4cc(C(F)(F)F)ccn4)cc3)ccnc2N1. The van der Waals surface area contributed by atoms with E-state index < -0.39 is 17.8 Å². The molecule has 2 aliphatic rings. The molecule has 0 spiro atoms. The van der Waals surface area contributed by atoms with Crippen LogP contribution in [0.1, 0.15) is 24.0 Å². The number of aromatic nitrogens is 2. The third-order valence-electron chi connectivity index (χ3n) is 5.59. The lowest BCUT2D eigenvalue weighted by Gasteiger charge is -2.18. The molecule has 186 valence electrons. The van der Waals surface area contributed by atoms with Gasteiger partial charge in [-0.2, -0.15) is 13.2 Å². The molecule has 1 aromatic carbocycles. The molecule has 0 radical (unpaired) electrons. The molecule has 5 rings (SSSR count). The Hall–Kier alpha value is -4.35. The van der Waals surface area contributed by atoms with Crippen LogP contribution in [0, 0.1) is 0 Å². The van der Waals surface area contributed by atoms with Crippen LogP contribution in [-0.2, 0) is 17.4 Å². The second-order valence-corrected chi connectivity index (χ2v) is 8.28. The van der Waals surface area contributed by atoms with Gasteiger partial charge in [-0.3, -0.25) is 10.1 Å². The molecule has 0 saturated heterocycles. The predicted molar refractivity (Wildman–Crippen MR) is 122 cm³/mol. The van der Waals surface area contributed by atoms with E-state index in [0.29, 0.717) is 42.3 Å². The molecule has 0 bridgehead atoms. The molecule has 3 heterocycles. The number of carbonyl (C=O) groups is 2. The number of fused-ring (bicyclic) bond motifs is 1. The number of hydrogen-bond acceptors (Lipinski definition) is 6. The first kappa shape index (κ1) is 23.4. The molecule has 1 saturated carbocycles. The Balaban J connectivity index is 1.12. The lowest BCUT2D eigenvalue weighted by atomic mass is 10.1. The number of pyridine rings is 2. The van der Waals surface area contributed by atoms with E-state index >= 15 is 0 Å². The predicted octanol–water partition coefficient (Wildman–Crippen LogP) is 4.51. The fraction of sp³-hybridized carbons (Fsp3) is 0.250. The molecular weight excluding hydrogens is 479 g/mol. The van der Waals surface area contributed by atoms with Gasteiger partial charge in [0, 0.05) is 30.8 Å². The first-order valence-electron chi connectivity index (χ1n) is 11.1. The van der Waals surface area contributed by atoms with Crippen LogP contribution in [0.3, 0.4) is 0 Å². The summed E-state index contributed by atoms with van der Waals surface area (Å²) >= 11 is 0. The van der Waals surface area contributed by atoms with E-state index in [1.165, 1.54) is 0 Å². The minimum absolute atomic E-state index is 0.0775. The molecule has 36 heavy (non-hydrogen) atoms. The normalized spacial score (nSPS) is 18.5. The van der Waals surface area contributed by atoms with Crippen molar-refractivity contribution in [2.45, 2.75) is 37.6 Å². The maximum Gasteiger partial charge on any atom is 0.416 e. The van der Waals surface area contributed by atoms with E-state index in [1.54, 1.807) is 36.5 Å². The lowest BCUT2D eigenvalue weighted by Crippen LogP contribution is -2.33. The molecule has 1 aliphatic carbocycles. The number of rotatable bonds is 6. The first-order valence-corrected chi connectivity index (χ1v) is 11.1. The molecule has 2 aromatic heterocycles. The van der Waals surface area contributed by atoms with Crippen molar-refractivity contribution in [1.82, 2.24) is 15.3 Å². The van der Waals surface area contributed by atoms with Gasteiger partial charge in [0.1, 0.15) is 35.0 Å². The van der Waals surface area contributed by atoms with Gasteiger partial charge in [0.2, 0.25) is 5.91 Å². The summed E-state index contributed by atoms with van der Waals surface area (Å²) in [6, 6.07) is 9.31. The number of carbonyl (C=O) groups excluding carboxylic acids is 2. The van der Waals surface area contributed by atoms with Crippen LogP contribution in [0.2, 0.25) is 0 Å². The summed E-state index contributed by atoms with van der Waals surface area (Å²) in [5.41, 5.74) is -0.0635. The van der Waals surface area contributed by atoms with Crippen LogP contribution in [0.5, 0.6) is 17.2 Å². The van der Waals surface area contributed by atoms with Gasteiger partial charge in [-0.15, -0.1) is 0 Å². The maximum absolute atomic E-state index is 12.8. The van der Waals surface area contributed by atoms with Crippen LogP contribution in [0.25, 0.3) is 0 Å². The number of nitrogens with one attached hydrogen (secondary N) is 3. The zero-order valence-corrected chi connectivity index (χ0v) is 18.6. The number of urea groups is 1. The molecule has 12 heteroatoms. The zero-order valence-electron chi connectivity index (χ0n) is 18.6. The number of ether oxygens (including phenoxy) is 2. The minimum atomic E-state index is -4.53. The fourth-order valence-corrected chi connectivity index (χ4v) is 3.69. The molecule has 1 fully saturated rings. The largest absolute Gasteiger partial charge is 0.488 e. The fourth-order valence-electron chi connectivity index (χ4n) is 3.69. The van der Waals surface area contributed by atoms with Crippen molar-refractivity contribution >= 4 is 23.6 Å². The second kappa shape index (κ2) is 9.36. The van der Waals surface area contributed by atoms with Crippen LogP contribution in [-0.4, -0.2) is 34.1 Å². The number of hydrogen-bond donors (Lipinski definition) is 3. The van der Waals surface area contributed by atoms with E-state index in [4.69, 9.17) is 9.47 Å². The highest BCUT2D eigenvalue weighted by molar-refractivity contribution is 5.93. The Labute approximate surface area is 203 Å². The van der Waals surface area contributed by atoms with Gasteiger partial charge in [-0.1, -0.05) is 0 Å². The van der Waals surface area contributed by atoms with Gasteiger partial charge >= 0.3 is 12.2 Å². The van der Waals surface area contributed by atoms with Crippen molar-refractivity contribution in [2.24, 2.45) is 0 Å². The van der Waals surface area contributed by atoms with Crippen molar-refractivity contribution in [3.05, 3.63) is 66.0 Å². The summed E-state index contributed by atoms with van der Waals surface area (Å²) in [6.45, 7) is 0. The Bertz CT molecular complexity index is 1300. The van der Waals surface area contributed by atoms with Gasteiger partial charge < -0.3 is 20.1 Å². The highest BCUT2D eigenvalue weighted by Crippen LogP contribution is 2.34. The van der Waals surface area contributed by atoms with E-state index in [9.17, 15) is 22.8 Å². The smallest absolute Gasteiger partial charge is 0.416 e. The topological polar surface area (TPSA) is 114 Å². The highest BCUT2D eigenvalue weighted by Gasteiger charge is 2.41. The van der Waals surface area contributed by atoms with Gasteiger partial charge in [0.15, 0.2) is 0 Å². The van der Waals surface area contributed by atoms with Crippen LogP contribution >= 0.6 is 0 Å². The summed E-state index contributed by atoms with van der Waals surface area (Å²) in [7, 11) is 0. The van der Waals surface area contributed by atoms with E-state index in [1.807, 2.05) is 0 Å². The minimum Gasteiger partial charge on any atom is -0.488 e. The van der Waals surface area contributed by atoms with Gasteiger partial charge in [-0.25, -0.2) is 14.8 Å². The maximum atomic E-state index is 12.8. The van der Waals surface area contributed by atoms with Crippen molar-refractivity contribution in [1.29, 1.82) is 0 Å². The van der Waals surface area contributed by atoms with Gasteiger partial charge in [-0.05, 0) is 48.9 Å². The molecule has 0 unspecified atom stereocenters. The molecule has 3 aromatic rings. The van der Waals surface area contributed by atoms with Crippen LogP contribution in [0.15, 0.2) is 54.9 Å². The van der Waals surface area contributed by atoms with Gasteiger partial charge in [0.25, 0.3) is 0 Å². The molecule has 1 aliphatic heterocycles. The number of amides is 3. The van der Waals surface area contributed by atoms with E-state index in [0.717, 1.165) is 23.9 Å². The third-order valence-corrected chi connectivity index (χ3v) is 5.59. The van der Waals surface area contributed by atoms with E-state index in [2.05, 4.69) is 25.9 Å².